The second-order valence-corrected chi connectivity index (χ2v) is 3.14. The smallest absolute Gasteiger partial charge is 0.187 e. The Morgan fingerprint density at radius 1 is 1.31 bits per heavy atom. The lowest BCUT2D eigenvalue weighted by Crippen LogP contribution is -1.98. The molecule has 0 aromatic heterocycles. The van der Waals surface area contributed by atoms with Gasteiger partial charge in [0.15, 0.2) is 6.29 Å². The molecule has 70 valence electrons. The van der Waals surface area contributed by atoms with Crippen LogP contribution in [-0.4, -0.2) is 18.3 Å². The lowest BCUT2D eigenvalue weighted by atomic mass is 10.1. The molecule has 0 aliphatic carbocycles. The van der Waals surface area contributed by atoms with Crippen molar-refractivity contribution in [3.05, 3.63) is 29.3 Å². The number of rotatable bonds is 1. The molecule has 2 rings (SSSR count). The Morgan fingerprint density at radius 3 is 2.62 bits per heavy atom. The van der Waals surface area contributed by atoms with Crippen LogP contribution < -0.4 is 0 Å². The van der Waals surface area contributed by atoms with E-state index in [9.17, 15) is 5.11 Å². The summed E-state index contributed by atoms with van der Waals surface area (Å²) < 4.78 is 10.6. The van der Waals surface area contributed by atoms with Crippen molar-refractivity contribution >= 4 is 0 Å². The van der Waals surface area contributed by atoms with E-state index < -0.39 is 0 Å². The monoisotopic (exact) mass is 180 g/mol. The molecule has 0 radical (unpaired) electrons. The maximum Gasteiger partial charge on any atom is 0.187 e. The summed E-state index contributed by atoms with van der Waals surface area (Å²) in [6.07, 6.45) is -0.388. The van der Waals surface area contributed by atoms with Gasteiger partial charge in [0.25, 0.3) is 0 Å². The summed E-state index contributed by atoms with van der Waals surface area (Å²) in [7, 11) is 0. The van der Waals surface area contributed by atoms with Crippen LogP contribution in [0.4, 0.5) is 0 Å². The van der Waals surface area contributed by atoms with Crippen LogP contribution in [0.5, 0.6) is 5.75 Å². The van der Waals surface area contributed by atoms with Gasteiger partial charge in [0.2, 0.25) is 0 Å². The van der Waals surface area contributed by atoms with Crippen LogP contribution in [0.1, 0.15) is 17.4 Å². The number of aryl methyl sites for hydroxylation is 1. The van der Waals surface area contributed by atoms with E-state index in [1.54, 1.807) is 6.07 Å². The molecule has 0 bridgehead atoms. The van der Waals surface area contributed by atoms with Gasteiger partial charge in [-0.15, -0.1) is 0 Å². The standard InChI is InChI=1S/C10H12O3/c1-7-2-3-8(9(11)6-7)10-12-4-5-13-10/h2-3,6,10-11H,4-5H2,1H3. The molecule has 0 spiro atoms. The zero-order valence-electron chi connectivity index (χ0n) is 7.49. The Balaban J connectivity index is 2.29. The highest BCUT2D eigenvalue weighted by atomic mass is 16.7. The van der Waals surface area contributed by atoms with Crippen LogP contribution in [0.25, 0.3) is 0 Å². The number of hydrogen-bond acceptors (Lipinski definition) is 3. The Labute approximate surface area is 76.9 Å². The van der Waals surface area contributed by atoms with Crippen LogP contribution in [0.2, 0.25) is 0 Å². The largest absolute Gasteiger partial charge is 0.507 e. The SMILES string of the molecule is Cc1ccc(C2OCCO2)c(O)c1. The second kappa shape index (κ2) is 3.36. The van der Waals surface area contributed by atoms with Crippen molar-refractivity contribution in [3.63, 3.8) is 0 Å². The third-order valence-corrected chi connectivity index (χ3v) is 2.06. The lowest BCUT2D eigenvalue weighted by molar-refractivity contribution is -0.0454. The number of hydrogen-bond donors (Lipinski definition) is 1. The number of benzene rings is 1. The van der Waals surface area contributed by atoms with Gasteiger partial charge in [-0.05, 0) is 24.6 Å². The summed E-state index contributed by atoms with van der Waals surface area (Å²) in [6, 6.07) is 5.47. The van der Waals surface area contributed by atoms with E-state index in [0.717, 1.165) is 5.56 Å². The number of aromatic hydroxyl groups is 1. The maximum absolute atomic E-state index is 9.59. The summed E-state index contributed by atoms with van der Waals surface area (Å²) in [4.78, 5) is 0. The summed E-state index contributed by atoms with van der Waals surface area (Å²) in [5.41, 5.74) is 1.74. The zero-order chi connectivity index (χ0) is 9.26. The predicted octanol–water partition coefficient (Wildman–Crippen LogP) is 1.75. The first-order valence-electron chi connectivity index (χ1n) is 4.30. The second-order valence-electron chi connectivity index (χ2n) is 3.14. The van der Waals surface area contributed by atoms with Crippen molar-refractivity contribution in [1.29, 1.82) is 0 Å². The molecule has 1 saturated heterocycles. The van der Waals surface area contributed by atoms with Gasteiger partial charge in [-0.3, -0.25) is 0 Å². The molecule has 1 fully saturated rings. The van der Waals surface area contributed by atoms with E-state index in [1.807, 2.05) is 19.1 Å². The van der Waals surface area contributed by atoms with Crippen LogP contribution in [0, 0.1) is 6.92 Å². The van der Waals surface area contributed by atoms with Crippen molar-refractivity contribution < 1.29 is 14.6 Å². The van der Waals surface area contributed by atoms with E-state index in [0.29, 0.717) is 18.8 Å². The fraction of sp³-hybridized carbons (Fsp3) is 0.400. The van der Waals surface area contributed by atoms with Gasteiger partial charge in [0.1, 0.15) is 5.75 Å². The van der Waals surface area contributed by atoms with E-state index in [1.165, 1.54) is 0 Å². The van der Waals surface area contributed by atoms with Gasteiger partial charge in [0, 0.05) is 5.56 Å². The van der Waals surface area contributed by atoms with Crippen molar-refractivity contribution in [1.82, 2.24) is 0 Å². The summed E-state index contributed by atoms with van der Waals surface area (Å²) in [6.45, 7) is 3.12. The first-order valence-corrected chi connectivity index (χ1v) is 4.30. The van der Waals surface area contributed by atoms with Crippen LogP contribution in [-0.2, 0) is 9.47 Å². The van der Waals surface area contributed by atoms with Crippen LogP contribution >= 0.6 is 0 Å². The first-order chi connectivity index (χ1) is 6.27. The van der Waals surface area contributed by atoms with Crippen molar-refractivity contribution in [2.75, 3.05) is 13.2 Å². The summed E-state index contributed by atoms with van der Waals surface area (Å²) in [5.74, 6) is 0.243. The van der Waals surface area contributed by atoms with Crippen LogP contribution in [0.15, 0.2) is 18.2 Å². The van der Waals surface area contributed by atoms with Crippen LogP contribution in [0.3, 0.4) is 0 Å². The van der Waals surface area contributed by atoms with Gasteiger partial charge < -0.3 is 14.6 Å². The number of phenolic OH excluding ortho intramolecular Hbond substituents is 1. The molecule has 0 saturated carbocycles. The fourth-order valence-corrected chi connectivity index (χ4v) is 1.39. The van der Waals surface area contributed by atoms with E-state index in [4.69, 9.17) is 9.47 Å². The minimum absolute atomic E-state index is 0.243. The van der Waals surface area contributed by atoms with Crippen molar-refractivity contribution in [2.24, 2.45) is 0 Å². The molecule has 1 aromatic rings. The molecule has 0 atom stereocenters. The summed E-state index contributed by atoms with van der Waals surface area (Å²) >= 11 is 0. The zero-order valence-corrected chi connectivity index (χ0v) is 7.49. The summed E-state index contributed by atoms with van der Waals surface area (Å²) in [5, 5.41) is 9.59. The molecule has 1 aromatic carbocycles. The Kier molecular flexibility index (Phi) is 2.20. The van der Waals surface area contributed by atoms with Crippen molar-refractivity contribution in [3.8, 4) is 5.75 Å². The molecular weight excluding hydrogens is 168 g/mol. The molecule has 0 amide bonds. The topological polar surface area (TPSA) is 38.7 Å². The third kappa shape index (κ3) is 1.66. The molecule has 1 heterocycles. The fourth-order valence-electron chi connectivity index (χ4n) is 1.39. The first kappa shape index (κ1) is 8.53. The molecule has 1 aliphatic heterocycles. The highest BCUT2D eigenvalue weighted by molar-refractivity contribution is 5.36. The van der Waals surface area contributed by atoms with E-state index >= 15 is 0 Å². The maximum atomic E-state index is 9.59. The molecular formula is C10H12O3. The lowest BCUT2D eigenvalue weighted by Gasteiger charge is -2.11. The van der Waals surface area contributed by atoms with Gasteiger partial charge in [-0.1, -0.05) is 6.07 Å². The molecule has 1 N–H and O–H groups in total. The molecule has 13 heavy (non-hydrogen) atoms. The van der Waals surface area contributed by atoms with E-state index in [-0.39, 0.29) is 12.0 Å². The molecule has 3 nitrogen and oxygen atoms in total. The minimum atomic E-state index is -0.388. The molecule has 1 aliphatic rings. The normalized spacial score (nSPS) is 17.9. The van der Waals surface area contributed by atoms with E-state index in [2.05, 4.69) is 0 Å². The number of phenols is 1. The highest BCUT2D eigenvalue weighted by Crippen LogP contribution is 2.30. The van der Waals surface area contributed by atoms with Crippen molar-refractivity contribution in [2.45, 2.75) is 13.2 Å². The van der Waals surface area contributed by atoms with Gasteiger partial charge in [-0.25, -0.2) is 0 Å². The molecule has 0 unspecified atom stereocenters. The quantitative estimate of drug-likeness (QED) is 0.715. The Bertz CT molecular complexity index is 303. The highest BCUT2D eigenvalue weighted by Gasteiger charge is 2.20. The Hall–Kier alpha value is -1.06. The molecule has 3 heteroatoms. The van der Waals surface area contributed by atoms with Gasteiger partial charge >= 0.3 is 0 Å². The van der Waals surface area contributed by atoms with Gasteiger partial charge in [0.05, 0.1) is 13.2 Å². The predicted molar refractivity (Wildman–Crippen MR) is 47.5 cm³/mol. The number of ether oxygens (including phenoxy) is 2. The van der Waals surface area contributed by atoms with Gasteiger partial charge in [-0.2, -0.15) is 0 Å². The minimum Gasteiger partial charge on any atom is -0.507 e. The Morgan fingerprint density at radius 2 is 2.00 bits per heavy atom. The average Bonchev–Trinajstić information content (AvgIpc) is 2.56. The third-order valence-electron chi connectivity index (χ3n) is 2.06. The average molecular weight is 180 g/mol.